The fraction of sp³-hybridized carbons (Fsp3) is 0.450. The molecule has 1 aromatic heterocycles. The minimum atomic E-state index is 0.646. The lowest BCUT2D eigenvalue weighted by Gasteiger charge is -2.26. The van der Waals surface area contributed by atoms with E-state index in [1.807, 2.05) is 30.3 Å². The first-order chi connectivity index (χ1) is 12.4. The number of para-hydroxylation sites is 1. The van der Waals surface area contributed by atoms with Gasteiger partial charge in [-0.25, -0.2) is 4.98 Å². The smallest absolute Gasteiger partial charge is 0.166 e. The first-order valence-electron chi connectivity index (χ1n) is 9.03. The molecular weight excluding hydrogens is 314 g/mol. The van der Waals surface area contributed by atoms with Crippen LogP contribution >= 0.6 is 0 Å². The highest BCUT2D eigenvalue weighted by Gasteiger charge is 2.13. The Morgan fingerprint density at radius 3 is 2.72 bits per heavy atom. The number of hydrogen-bond donors (Lipinski definition) is 1. The highest BCUT2D eigenvalue weighted by atomic mass is 16.5. The van der Waals surface area contributed by atoms with Crippen molar-refractivity contribution in [2.45, 2.75) is 25.8 Å². The largest absolute Gasteiger partial charge is 0.493 e. The van der Waals surface area contributed by atoms with Crippen LogP contribution in [0, 0.1) is 0 Å². The molecule has 0 atom stereocenters. The maximum Gasteiger partial charge on any atom is 0.166 e. The number of nitrogens with one attached hydrogen (secondary N) is 1. The Labute approximate surface area is 150 Å². The molecule has 1 saturated heterocycles. The Morgan fingerprint density at radius 2 is 1.96 bits per heavy atom. The van der Waals surface area contributed by atoms with Gasteiger partial charge in [0.15, 0.2) is 11.5 Å². The van der Waals surface area contributed by atoms with Crippen molar-refractivity contribution in [3.63, 3.8) is 0 Å². The van der Waals surface area contributed by atoms with Crippen molar-refractivity contribution in [3.8, 4) is 11.5 Å². The van der Waals surface area contributed by atoms with Crippen LogP contribution in [0.15, 0.2) is 42.6 Å². The zero-order chi connectivity index (χ0) is 17.3. The third-order valence-corrected chi connectivity index (χ3v) is 4.51. The van der Waals surface area contributed by atoms with Crippen LogP contribution in [0.2, 0.25) is 0 Å². The van der Waals surface area contributed by atoms with Crippen LogP contribution in [0.1, 0.15) is 24.8 Å². The number of methoxy groups -OCH3 is 1. The average Bonchev–Trinajstić information content (AvgIpc) is 2.68. The Morgan fingerprint density at radius 1 is 1.08 bits per heavy atom. The monoisotopic (exact) mass is 341 g/mol. The standard InChI is InChI=1S/C20H27N3O2/c1-24-18-9-7-8-17(16-22-19-10-3-4-11-21-19)20(18)25-15-14-23-12-5-2-6-13-23/h3-4,7-11H,2,5-6,12-16H2,1H3,(H,21,22). The van der Waals surface area contributed by atoms with Crippen LogP contribution in [0.25, 0.3) is 0 Å². The van der Waals surface area contributed by atoms with Gasteiger partial charge in [0.05, 0.1) is 7.11 Å². The van der Waals surface area contributed by atoms with Gasteiger partial charge in [-0.15, -0.1) is 0 Å². The lowest BCUT2D eigenvalue weighted by atomic mass is 10.1. The van der Waals surface area contributed by atoms with Crippen molar-refractivity contribution < 1.29 is 9.47 Å². The highest BCUT2D eigenvalue weighted by Crippen LogP contribution is 2.31. The summed E-state index contributed by atoms with van der Waals surface area (Å²) in [5.41, 5.74) is 1.07. The van der Waals surface area contributed by atoms with Crippen LogP contribution in [-0.4, -0.2) is 43.2 Å². The van der Waals surface area contributed by atoms with Crippen molar-refractivity contribution in [3.05, 3.63) is 48.2 Å². The van der Waals surface area contributed by atoms with E-state index in [1.165, 1.54) is 32.4 Å². The molecule has 5 heteroatoms. The number of benzene rings is 1. The summed E-state index contributed by atoms with van der Waals surface area (Å²) in [7, 11) is 1.68. The summed E-state index contributed by atoms with van der Waals surface area (Å²) in [6.07, 6.45) is 5.74. The van der Waals surface area contributed by atoms with Gasteiger partial charge < -0.3 is 14.8 Å². The predicted molar refractivity (Wildman–Crippen MR) is 100 cm³/mol. The molecule has 0 radical (unpaired) electrons. The van der Waals surface area contributed by atoms with Crippen molar-refractivity contribution in [2.24, 2.45) is 0 Å². The molecule has 25 heavy (non-hydrogen) atoms. The second-order valence-electron chi connectivity index (χ2n) is 6.27. The van der Waals surface area contributed by atoms with Gasteiger partial charge in [-0.05, 0) is 44.1 Å². The molecule has 3 rings (SSSR count). The van der Waals surface area contributed by atoms with Crippen LogP contribution in [0.5, 0.6) is 11.5 Å². The molecule has 1 N–H and O–H groups in total. The molecular formula is C20H27N3O2. The minimum Gasteiger partial charge on any atom is -0.493 e. The third kappa shape index (κ3) is 5.10. The van der Waals surface area contributed by atoms with Crippen molar-refractivity contribution in [1.82, 2.24) is 9.88 Å². The van der Waals surface area contributed by atoms with E-state index in [1.54, 1.807) is 13.3 Å². The minimum absolute atomic E-state index is 0.646. The number of rotatable bonds is 8. The van der Waals surface area contributed by atoms with E-state index in [0.717, 1.165) is 29.4 Å². The number of aromatic nitrogens is 1. The van der Waals surface area contributed by atoms with Gasteiger partial charge in [0, 0.05) is 24.8 Å². The topological polar surface area (TPSA) is 46.6 Å². The van der Waals surface area contributed by atoms with E-state index in [0.29, 0.717) is 13.2 Å². The number of anilines is 1. The molecule has 2 heterocycles. The molecule has 0 unspecified atom stereocenters. The molecule has 2 aromatic rings. The Kier molecular flexibility index (Phi) is 6.51. The van der Waals surface area contributed by atoms with E-state index in [-0.39, 0.29) is 0 Å². The fourth-order valence-electron chi connectivity index (χ4n) is 3.14. The molecule has 0 bridgehead atoms. The third-order valence-electron chi connectivity index (χ3n) is 4.51. The molecule has 134 valence electrons. The molecule has 0 saturated carbocycles. The summed E-state index contributed by atoms with van der Waals surface area (Å²) in [5.74, 6) is 2.45. The highest BCUT2D eigenvalue weighted by molar-refractivity contribution is 5.48. The summed E-state index contributed by atoms with van der Waals surface area (Å²) >= 11 is 0. The molecule has 0 spiro atoms. The summed E-state index contributed by atoms with van der Waals surface area (Å²) in [4.78, 5) is 6.78. The van der Waals surface area contributed by atoms with Crippen LogP contribution in [0.4, 0.5) is 5.82 Å². The van der Waals surface area contributed by atoms with Crippen LogP contribution in [-0.2, 0) is 6.54 Å². The number of hydrogen-bond acceptors (Lipinski definition) is 5. The lowest BCUT2D eigenvalue weighted by Crippen LogP contribution is -2.33. The number of pyridine rings is 1. The van der Waals surface area contributed by atoms with E-state index < -0.39 is 0 Å². The first kappa shape index (κ1) is 17.5. The molecule has 1 aliphatic rings. The van der Waals surface area contributed by atoms with Gasteiger partial charge in [-0.1, -0.05) is 24.6 Å². The molecule has 1 fully saturated rings. The molecule has 0 aliphatic carbocycles. The maximum atomic E-state index is 6.12. The van der Waals surface area contributed by atoms with E-state index in [4.69, 9.17) is 9.47 Å². The normalized spacial score (nSPS) is 14.9. The fourth-order valence-corrected chi connectivity index (χ4v) is 3.14. The number of nitrogens with zero attached hydrogens (tertiary/aromatic N) is 2. The molecule has 1 aliphatic heterocycles. The van der Waals surface area contributed by atoms with Gasteiger partial charge in [-0.3, -0.25) is 4.90 Å². The summed E-state index contributed by atoms with van der Waals surface area (Å²) < 4.78 is 11.6. The number of piperidine rings is 1. The predicted octanol–water partition coefficient (Wildman–Crippen LogP) is 3.57. The summed E-state index contributed by atoms with van der Waals surface area (Å²) in [5, 5.41) is 3.34. The van der Waals surface area contributed by atoms with Crippen LogP contribution in [0.3, 0.4) is 0 Å². The Bertz CT molecular complexity index is 643. The van der Waals surface area contributed by atoms with E-state index in [9.17, 15) is 0 Å². The zero-order valence-corrected chi connectivity index (χ0v) is 14.9. The zero-order valence-electron chi connectivity index (χ0n) is 14.9. The van der Waals surface area contributed by atoms with Gasteiger partial charge in [0.2, 0.25) is 0 Å². The quantitative estimate of drug-likeness (QED) is 0.795. The average molecular weight is 341 g/mol. The van der Waals surface area contributed by atoms with Gasteiger partial charge in [0.1, 0.15) is 12.4 Å². The Hall–Kier alpha value is -2.27. The molecule has 5 nitrogen and oxygen atoms in total. The molecule has 1 aromatic carbocycles. The number of ether oxygens (including phenoxy) is 2. The van der Waals surface area contributed by atoms with Crippen LogP contribution < -0.4 is 14.8 Å². The first-order valence-corrected chi connectivity index (χ1v) is 9.03. The van der Waals surface area contributed by atoms with Crippen molar-refractivity contribution in [1.29, 1.82) is 0 Å². The SMILES string of the molecule is COc1cccc(CNc2ccccn2)c1OCCN1CCCCC1. The van der Waals surface area contributed by atoms with Gasteiger partial charge >= 0.3 is 0 Å². The summed E-state index contributed by atoms with van der Waals surface area (Å²) in [6.45, 7) is 4.65. The second-order valence-corrected chi connectivity index (χ2v) is 6.27. The van der Waals surface area contributed by atoms with Gasteiger partial charge in [-0.2, -0.15) is 0 Å². The Balaban J connectivity index is 1.61. The van der Waals surface area contributed by atoms with E-state index >= 15 is 0 Å². The second kappa shape index (κ2) is 9.28. The molecule has 0 amide bonds. The van der Waals surface area contributed by atoms with Gasteiger partial charge in [0.25, 0.3) is 0 Å². The van der Waals surface area contributed by atoms with Crippen molar-refractivity contribution in [2.75, 3.05) is 38.7 Å². The lowest BCUT2D eigenvalue weighted by molar-refractivity contribution is 0.180. The number of likely N-dealkylation sites (tertiary alicyclic amines) is 1. The maximum absolute atomic E-state index is 6.12. The summed E-state index contributed by atoms with van der Waals surface area (Å²) in [6, 6.07) is 11.8. The van der Waals surface area contributed by atoms with E-state index in [2.05, 4.69) is 21.3 Å². The van der Waals surface area contributed by atoms with Crippen molar-refractivity contribution >= 4 is 5.82 Å².